The monoisotopic (exact) mass is 428 g/mol. The zero-order chi connectivity index (χ0) is 22.2. The fraction of sp³-hybridized carbons (Fsp3) is 0.429. The highest BCUT2D eigenvalue weighted by Crippen LogP contribution is 2.57. The molecule has 4 aliphatic rings. The molecule has 31 heavy (non-hydrogen) atoms. The quantitative estimate of drug-likeness (QED) is 0.357. The van der Waals surface area contributed by atoms with E-state index in [-0.39, 0.29) is 34.5 Å². The molecule has 2 aliphatic carbocycles. The van der Waals surface area contributed by atoms with Gasteiger partial charge in [0.15, 0.2) is 11.5 Å². The number of benzene rings is 1. The van der Waals surface area contributed by atoms with E-state index in [9.17, 15) is 34.7 Å². The molecule has 2 aliphatic heterocycles. The summed E-state index contributed by atoms with van der Waals surface area (Å²) in [6.07, 6.45) is 2.10. The molecule has 6 atom stereocenters. The molecule has 0 radical (unpaired) electrons. The van der Waals surface area contributed by atoms with Crippen molar-refractivity contribution in [1.82, 2.24) is 10.1 Å². The fourth-order valence-corrected chi connectivity index (χ4v) is 5.83. The Bertz CT molecular complexity index is 1070. The molecule has 5 rings (SSSR count). The van der Waals surface area contributed by atoms with Gasteiger partial charge in [0.25, 0.3) is 23.6 Å². The molecule has 3 fully saturated rings. The van der Waals surface area contributed by atoms with Crippen LogP contribution in [-0.4, -0.2) is 56.4 Å². The molecule has 162 valence electrons. The van der Waals surface area contributed by atoms with Gasteiger partial charge in [-0.2, -0.15) is 10.1 Å². The lowest BCUT2D eigenvalue weighted by Gasteiger charge is -2.43. The van der Waals surface area contributed by atoms with Crippen LogP contribution >= 0.6 is 0 Å². The highest BCUT2D eigenvalue weighted by molar-refractivity contribution is 6.06. The minimum Gasteiger partial charge on any atom is -0.504 e. The molecule has 1 aromatic carbocycles. The van der Waals surface area contributed by atoms with Crippen molar-refractivity contribution in [3.8, 4) is 11.5 Å². The van der Waals surface area contributed by atoms with Gasteiger partial charge in [0.2, 0.25) is 0 Å². The third-order valence-electron chi connectivity index (χ3n) is 7.16. The van der Waals surface area contributed by atoms with Crippen LogP contribution in [0, 0.1) is 29.6 Å². The smallest absolute Gasteiger partial charge is 0.258 e. The molecular weight excluding hydrogens is 408 g/mol. The van der Waals surface area contributed by atoms with E-state index in [1.165, 1.54) is 19.2 Å². The van der Waals surface area contributed by atoms with Gasteiger partial charge < -0.3 is 9.84 Å². The molecule has 4 amide bonds. The van der Waals surface area contributed by atoms with Crippen molar-refractivity contribution < 1.29 is 39.4 Å². The van der Waals surface area contributed by atoms with Crippen molar-refractivity contribution in [1.29, 1.82) is 0 Å². The number of amides is 4. The number of nitrogens with zero attached hydrogens (tertiary/aromatic N) is 2. The summed E-state index contributed by atoms with van der Waals surface area (Å²) >= 11 is 0. The summed E-state index contributed by atoms with van der Waals surface area (Å²) < 4.78 is 5.08. The Hall–Kier alpha value is -3.24. The Labute approximate surface area is 176 Å². The molecule has 0 aromatic heterocycles. The summed E-state index contributed by atoms with van der Waals surface area (Å²) in [6, 6.07) is 4.63. The first kappa shape index (κ1) is 19.7. The number of ether oxygens (including phenoxy) is 1. The van der Waals surface area contributed by atoms with E-state index in [1.807, 2.05) is 0 Å². The van der Waals surface area contributed by atoms with Crippen LogP contribution in [-0.2, 0) is 19.2 Å². The number of hydrogen-bond acceptors (Lipinski definition) is 8. The third kappa shape index (κ3) is 2.52. The lowest BCUT2D eigenvalue weighted by molar-refractivity contribution is -0.174. The fourth-order valence-electron chi connectivity index (χ4n) is 5.83. The molecule has 1 saturated carbocycles. The molecule has 0 unspecified atom stereocenters. The number of hydrogen-bond donors (Lipinski definition) is 3. The van der Waals surface area contributed by atoms with E-state index in [2.05, 4.69) is 0 Å². The number of allylic oxidation sites excluding steroid dienone is 2. The average molecular weight is 428 g/mol. The summed E-state index contributed by atoms with van der Waals surface area (Å²) in [6.45, 7) is 0. The zero-order valence-corrected chi connectivity index (χ0v) is 16.5. The first-order valence-corrected chi connectivity index (χ1v) is 9.96. The Morgan fingerprint density at radius 1 is 0.903 bits per heavy atom. The number of fused-ring (bicyclic) bond motifs is 4. The minimum absolute atomic E-state index is 0.102. The molecule has 10 nitrogen and oxygen atoms in total. The molecule has 1 aromatic rings. The SMILES string of the molecule is COc1ccc([C@H]2C3=CC[C@@H]4C(=O)N(O)C(=O)[C@@H]4[C@@H]3C[C@H]3C(=O)N(O)C(=O)[C@@H]23)cc1O. The Morgan fingerprint density at radius 2 is 1.55 bits per heavy atom. The summed E-state index contributed by atoms with van der Waals surface area (Å²) in [5.41, 5.74) is 1.22. The van der Waals surface area contributed by atoms with E-state index >= 15 is 0 Å². The van der Waals surface area contributed by atoms with Crippen molar-refractivity contribution in [3.05, 3.63) is 35.4 Å². The molecule has 0 spiro atoms. The van der Waals surface area contributed by atoms with Crippen LogP contribution in [0.4, 0.5) is 0 Å². The number of aromatic hydroxyl groups is 1. The van der Waals surface area contributed by atoms with Crippen molar-refractivity contribution >= 4 is 23.6 Å². The number of imide groups is 2. The van der Waals surface area contributed by atoms with E-state index < -0.39 is 59.1 Å². The van der Waals surface area contributed by atoms with Crippen molar-refractivity contribution in [2.45, 2.75) is 18.8 Å². The predicted molar refractivity (Wildman–Crippen MR) is 99.4 cm³/mol. The van der Waals surface area contributed by atoms with Crippen LogP contribution < -0.4 is 4.74 Å². The summed E-state index contributed by atoms with van der Waals surface area (Å²) in [5.74, 6) is -7.43. The molecule has 0 bridgehead atoms. The molecular formula is C21H20N2O8. The van der Waals surface area contributed by atoms with E-state index in [0.717, 1.165) is 0 Å². The number of phenols is 1. The van der Waals surface area contributed by atoms with E-state index in [4.69, 9.17) is 4.74 Å². The van der Waals surface area contributed by atoms with Crippen LogP contribution in [0.1, 0.15) is 24.3 Å². The van der Waals surface area contributed by atoms with Crippen LogP contribution in [0.25, 0.3) is 0 Å². The number of carbonyl (C=O) groups excluding carboxylic acids is 4. The summed E-state index contributed by atoms with van der Waals surface area (Å²) in [5, 5.41) is 30.5. The lowest BCUT2D eigenvalue weighted by Crippen LogP contribution is -2.42. The normalized spacial score (nSPS) is 34.5. The Balaban J connectivity index is 1.66. The van der Waals surface area contributed by atoms with Crippen LogP contribution in [0.15, 0.2) is 29.8 Å². The van der Waals surface area contributed by atoms with Crippen LogP contribution in [0.3, 0.4) is 0 Å². The topological polar surface area (TPSA) is 145 Å². The van der Waals surface area contributed by atoms with Gasteiger partial charge in [-0.05, 0) is 36.5 Å². The zero-order valence-electron chi connectivity index (χ0n) is 16.5. The van der Waals surface area contributed by atoms with Gasteiger partial charge >= 0.3 is 0 Å². The number of phenolic OH excluding ortho intramolecular Hbond substituents is 1. The second kappa shape index (κ2) is 6.63. The maximum atomic E-state index is 12.8. The van der Waals surface area contributed by atoms with Crippen molar-refractivity contribution in [2.75, 3.05) is 7.11 Å². The maximum Gasteiger partial charge on any atom is 0.258 e. The van der Waals surface area contributed by atoms with E-state index in [1.54, 1.807) is 12.1 Å². The van der Waals surface area contributed by atoms with E-state index in [0.29, 0.717) is 11.1 Å². The number of rotatable bonds is 2. The molecule has 2 saturated heterocycles. The van der Waals surface area contributed by atoms with Gasteiger partial charge in [0, 0.05) is 5.92 Å². The number of methoxy groups -OCH3 is 1. The van der Waals surface area contributed by atoms with Crippen LogP contribution in [0.5, 0.6) is 11.5 Å². The highest BCUT2D eigenvalue weighted by atomic mass is 16.5. The highest BCUT2D eigenvalue weighted by Gasteiger charge is 2.62. The van der Waals surface area contributed by atoms with Gasteiger partial charge in [-0.25, -0.2) is 0 Å². The Morgan fingerprint density at radius 3 is 2.19 bits per heavy atom. The number of hydroxylamine groups is 4. The van der Waals surface area contributed by atoms with Crippen LogP contribution in [0.2, 0.25) is 0 Å². The standard InChI is InChI=1S/C21H20N2O8/c1-31-14-5-2-8(6-13(14)24)15-9-3-4-10-16(20(27)22(29)18(10)25)11(9)7-12-17(15)21(28)23(30)19(12)26/h2-3,5-6,10-12,15-17,24,29-30H,4,7H2,1H3/t10-,11+,12+,15-,16-,17+/m0/s1. The summed E-state index contributed by atoms with van der Waals surface area (Å²) in [7, 11) is 1.40. The first-order chi connectivity index (χ1) is 14.8. The van der Waals surface area contributed by atoms with Crippen molar-refractivity contribution in [3.63, 3.8) is 0 Å². The second-order valence-electron chi connectivity index (χ2n) is 8.43. The maximum absolute atomic E-state index is 12.8. The second-order valence-corrected chi connectivity index (χ2v) is 8.43. The Kier molecular flexibility index (Phi) is 4.21. The number of carbonyl (C=O) groups is 4. The van der Waals surface area contributed by atoms with Gasteiger partial charge in [-0.1, -0.05) is 17.7 Å². The van der Waals surface area contributed by atoms with Gasteiger partial charge in [-0.3, -0.25) is 29.6 Å². The predicted octanol–water partition coefficient (Wildman–Crippen LogP) is 0.815. The van der Waals surface area contributed by atoms with Gasteiger partial charge in [0.05, 0.1) is 30.8 Å². The molecule has 2 heterocycles. The van der Waals surface area contributed by atoms with Crippen molar-refractivity contribution in [2.24, 2.45) is 29.6 Å². The minimum atomic E-state index is -0.901. The molecule has 10 heteroatoms. The lowest BCUT2D eigenvalue weighted by atomic mass is 9.57. The third-order valence-corrected chi connectivity index (χ3v) is 7.16. The molecule has 3 N–H and O–H groups in total. The van der Waals surface area contributed by atoms with Gasteiger partial charge in [0.1, 0.15) is 0 Å². The summed E-state index contributed by atoms with van der Waals surface area (Å²) in [4.78, 5) is 50.4. The largest absolute Gasteiger partial charge is 0.504 e. The first-order valence-electron chi connectivity index (χ1n) is 9.96. The van der Waals surface area contributed by atoms with Gasteiger partial charge in [-0.15, -0.1) is 0 Å². The average Bonchev–Trinajstić information content (AvgIpc) is 3.12.